The van der Waals surface area contributed by atoms with E-state index in [0.29, 0.717) is 23.5 Å². The molecule has 22 heavy (non-hydrogen) atoms. The van der Waals surface area contributed by atoms with Crippen LogP contribution in [0.15, 0.2) is 18.2 Å². The van der Waals surface area contributed by atoms with Crippen molar-refractivity contribution in [3.8, 4) is 11.5 Å². The smallest absolute Gasteiger partial charge is 0.305 e. The molecular weight excluding hydrogens is 286 g/mol. The van der Waals surface area contributed by atoms with Crippen LogP contribution in [0.25, 0.3) is 0 Å². The van der Waals surface area contributed by atoms with Crippen LogP contribution in [0.5, 0.6) is 11.5 Å². The predicted octanol–water partition coefficient (Wildman–Crippen LogP) is 2.53. The third kappa shape index (κ3) is 5.27. The van der Waals surface area contributed by atoms with Crippen molar-refractivity contribution < 1.29 is 24.2 Å². The Labute approximate surface area is 130 Å². The molecule has 0 heterocycles. The van der Waals surface area contributed by atoms with Crippen LogP contribution < -0.4 is 14.8 Å². The van der Waals surface area contributed by atoms with Crippen LogP contribution in [0, 0.1) is 0 Å². The van der Waals surface area contributed by atoms with Crippen LogP contribution in [-0.4, -0.2) is 31.2 Å². The number of ether oxygens (including phenoxy) is 2. The van der Waals surface area contributed by atoms with Crippen molar-refractivity contribution in [1.82, 2.24) is 5.32 Å². The van der Waals surface area contributed by atoms with Crippen molar-refractivity contribution in [1.29, 1.82) is 0 Å². The number of nitrogens with one attached hydrogen (secondary N) is 1. The number of carbonyl (C=O) groups excluding carboxylic acids is 1. The van der Waals surface area contributed by atoms with Crippen LogP contribution in [0.1, 0.15) is 44.2 Å². The van der Waals surface area contributed by atoms with E-state index in [4.69, 9.17) is 14.6 Å². The lowest BCUT2D eigenvalue weighted by Gasteiger charge is -2.19. The molecule has 0 saturated heterocycles. The van der Waals surface area contributed by atoms with Gasteiger partial charge in [-0.2, -0.15) is 0 Å². The highest BCUT2D eigenvalue weighted by Gasteiger charge is 2.19. The number of unbranched alkanes of at least 4 members (excludes halogenated alkanes) is 1. The van der Waals surface area contributed by atoms with Crippen LogP contribution in [0.2, 0.25) is 0 Å². The molecule has 1 aromatic rings. The van der Waals surface area contributed by atoms with Gasteiger partial charge in [-0.1, -0.05) is 19.4 Å². The largest absolute Gasteiger partial charge is 0.493 e. The highest BCUT2D eigenvalue weighted by Crippen LogP contribution is 2.31. The number of carbonyl (C=O) groups is 2. The van der Waals surface area contributed by atoms with E-state index in [-0.39, 0.29) is 12.3 Å². The molecule has 0 saturated carbocycles. The first-order chi connectivity index (χ1) is 10.5. The number of rotatable bonds is 9. The summed E-state index contributed by atoms with van der Waals surface area (Å²) >= 11 is 0. The molecule has 1 rings (SSSR count). The summed E-state index contributed by atoms with van der Waals surface area (Å²) < 4.78 is 10.4. The quantitative estimate of drug-likeness (QED) is 0.732. The molecule has 1 aromatic carbocycles. The maximum Gasteiger partial charge on any atom is 0.305 e. The van der Waals surface area contributed by atoms with Crippen molar-refractivity contribution in [2.24, 2.45) is 0 Å². The first-order valence-corrected chi connectivity index (χ1v) is 7.24. The van der Waals surface area contributed by atoms with Gasteiger partial charge in [0.15, 0.2) is 11.5 Å². The van der Waals surface area contributed by atoms with E-state index >= 15 is 0 Å². The summed E-state index contributed by atoms with van der Waals surface area (Å²) in [6, 6.07) is 4.52. The lowest BCUT2D eigenvalue weighted by atomic mass is 10.0. The monoisotopic (exact) mass is 309 g/mol. The Bertz CT molecular complexity index is 515. The second kappa shape index (κ2) is 8.92. The summed E-state index contributed by atoms with van der Waals surface area (Å²) in [4.78, 5) is 22.9. The van der Waals surface area contributed by atoms with Gasteiger partial charge in [0.05, 0.1) is 26.7 Å². The Morgan fingerprint density at radius 2 is 1.91 bits per heavy atom. The molecule has 0 aliphatic heterocycles. The zero-order valence-corrected chi connectivity index (χ0v) is 13.2. The number of benzene rings is 1. The first-order valence-electron chi connectivity index (χ1n) is 7.24. The summed E-state index contributed by atoms with van der Waals surface area (Å²) in [5.74, 6) is -0.0747. The fourth-order valence-corrected chi connectivity index (χ4v) is 2.10. The molecular formula is C16H23NO5. The van der Waals surface area contributed by atoms with Crippen LogP contribution >= 0.6 is 0 Å². The maximum absolute atomic E-state index is 11.9. The minimum atomic E-state index is -0.976. The van der Waals surface area contributed by atoms with Crippen LogP contribution in [0.3, 0.4) is 0 Å². The summed E-state index contributed by atoms with van der Waals surface area (Å²) in [5, 5.41) is 11.8. The summed E-state index contributed by atoms with van der Waals surface area (Å²) in [6.45, 7) is 2.00. The molecule has 122 valence electrons. The molecule has 2 N–H and O–H groups in total. The van der Waals surface area contributed by atoms with Crippen LogP contribution in [-0.2, 0) is 9.59 Å². The van der Waals surface area contributed by atoms with Gasteiger partial charge in [0.2, 0.25) is 5.91 Å². The number of hydrogen-bond acceptors (Lipinski definition) is 4. The van der Waals surface area contributed by atoms with E-state index in [1.807, 2.05) is 6.92 Å². The SMILES string of the molecule is CCCCC(=O)NC(CC(=O)O)c1ccc(OC)c(OC)c1. The van der Waals surface area contributed by atoms with E-state index in [1.165, 1.54) is 14.2 Å². The minimum Gasteiger partial charge on any atom is -0.493 e. The molecule has 0 bridgehead atoms. The summed E-state index contributed by atoms with van der Waals surface area (Å²) in [7, 11) is 3.03. The molecule has 0 radical (unpaired) electrons. The zero-order chi connectivity index (χ0) is 16.5. The molecule has 1 atom stereocenters. The van der Waals surface area contributed by atoms with Crippen molar-refractivity contribution in [2.45, 2.75) is 38.6 Å². The van der Waals surface area contributed by atoms with E-state index in [9.17, 15) is 9.59 Å². The number of amides is 1. The van der Waals surface area contributed by atoms with Crippen molar-refractivity contribution >= 4 is 11.9 Å². The van der Waals surface area contributed by atoms with E-state index in [2.05, 4.69) is 5.32 Å². The van der Waals surface area contributed by atoms with Gasteiger partial charge in [-0.25, -0.2) is 0 Å². The third-order valence-electron chi connectivity index (χ3n) is 3.28. The predicted molar refractivity (Wildman–Crippen MR) is 82.2 cm³/mol. The molecule has 0 aliphatic rings. The molecule has 1 unspecified atom stereocenters. The molecule has 0 spiro atoms. The minimum absolute atomic E-state index is 0.150. The number of carboxylic acid groups (broad SMARTS) is 1. The first kappa shape index (κ1) is 17.8. The number of carboxylic acids is 1. The van der Waals surface area contributed by atoms with Gasteiger partial charge in [0, 0.05) is 6.42 Å². The average Bonchev–Trinajstić information content (AvgIpc) is 2.51. The van der Waals surface area contributed by atoms with Gasteiger partial charge in [-0.3, -0.25) is 9.59 Å². The van der Waals surface area contributed by atoms with Gasteiger partial charge < -0.3 is 19.9 Å². The zero-order valence-electron chi connectivity index (χ0n) is 13.2. The number of hydrogen-bond donors (Lipinski definition) is 2. The lowest BCUT2D eigenvalue weighted by molar-refractivity contribution is -0.137. The van der Waals surface area contributed by atoms with E-state index in [0.717, 1.165) is 12.8 Å². The second-order valence-electron chi connectivity index (χ2n) is 4.94. The van der Waals surface area contributed by atoms with Gasteiger partial charge in [-0.15, -0.1) is 0 Å². The van der Waals surface area contributed by atoms with Crippen molar-refractivity contribution in [3.63, 3.8) is 0 Å². The second-order valence-corrected chi connectivity index (χ2v) is 4.94. The molecule has 1 amide bonds. The lowest BCUT2D eigenvalue weighted by Crippen LogP contribution is -2.30. The highest BCUT2D eigenvalue weighted by atomic mass is 16.5. The molecule has 0 aliphatic carbocycles. The molecule has 6 heteroatoms. The Morgan fingerprint density at radius 3 is 2.45 bits per heavy atom. The Kier molecular flexibility index (Phi) is 7.22. The highest BCUT2D eigenvalue weighted by molar-refractivity contribution is 5.77. The third-order valence-corrected chi connectivity index (χ3v) is 3.28. The fraction of sp³-hybridized carbons (Fsp3) is 0.500. The number of methoxy groups -OCH3 is 2. The number of aliphatic carboxylic acids is 1. The maximum atomic E-state index is 11.9. The molecule has 0 fully saturated rings. The summed E-state index contributed by atoms with van der Waals surface area (Å²) in [5.41, 5.74) is 0.671. The topological polar surface area (TPSA) is 84.9 Å². The molecule has 0 aromatic heterocycles. The van der Waals surface area contributed by atoms with Gasteiger partial charge in [0.1, 0.15) is 0 Å². The van der Waals surface area contributed by atoms with Gasteiger partial charge in [-0.05, 0) is 24.1 Å². The standard InChI is InChI=1S/C16H23NO5/c1-4-5-6-15(18)17-12(10-16(19)20)11-7-8-13(21-2)14(9-11)22-3/h7-9,12H,4-6,10H2,1-3H3,(H,17,18)(H,19,20). The van der Waals surface area contributed by atoms with Crippen LogP contribution in [0.4, 0.5) is 0 Å². The molecule has 6 nitrogen and oxygen atoms in total. The van der Waals surface area contributed by atoms with E-state index in [1.54, 1.807) is 18.2 Å². The Morgan fingerprint density at radius 1 is 1.23 bits per heavy atom. The fourth-order valence-electron chi connectivity index (χ4n) is 2.10. The Hall–Kier alpha value is -2.24. The average molecular weight is 309 g/mol. The Balaban J connectivity index is 2.95. The summed E-state index contributed by atoms with van der Waals surface area (Å²) in [6.07, 6.45) is 1.89. The van der Waals surface area contributed by atoms with Crippen molar-refractivity contribution in [2.75, 3.05) is 14.2 Å². The van der Waals surface area contributed by atoms with Gasteiger partial charge >= 0.3 is 5.97 Å². The van der Waals surface area contributed by atoms with Gasteiger partial charge in [0.25, 0.3) is 0 Å². The van der Waals surface area contributed by atoms with E-state index < -0.39 is 12.0 Å². The normalized spacial score (nSPS) is 11.6. The van der Waals surface area contributed by atoms with Crippen molar-refractivity contribution in [3.05, 3.63) is 23.8 Å².